The van der Waals surface area contributed by atoms with Crippen molar-refractivity contribution in [3.63, 3.8) is 0 Å². The Hall–Kier alpha value is -2.05. The van der Waals surface area contributed by atoms with Gasteiger partial charge in [0, 0.05) is 10.9 Å². The lowest BCUT2D eigenvalue weighted by molar-refractivity contribution is 0.566. The van der Waals surface area contributed by atoms with Crippen LogP contribution in [-0.2, 0) is 22.0 Å². The van der Waals surface area contributed by atoms with E-state index in [9.17, 15) is 12.8 Å². The van der Waals surface area contributed by atoms with Crippen molar-refractivity contribution >= 4 is 21.2 Å². The smallest absolute Gasteiger partial charge is 0.186 e. The Kier molecular flexibility index (Phi) is 4.78. The number of hydrogen-bond donors (Lipinski definition) is 0. The Balaban J connectivity index is 1.84. The highest BCUT2D eigenvalue weighted by molar-refractivity contribution is 7.90. The van der Waals surface area contributed by atoms with Crippen LogP contribution in [-0.4, -0.2) is 13.4 Å². The summed E-state index contributed by atoms with van der Waals surface area (Å²) < 4.78 is 38.5. The molecule has 1 aromatic heterocycles. The average Bonchev–Trinajstić information content (AvgIpc) is 3.03. The predicted octanol–water partition coefficient (Wildman–Crippen LogP) is 4.49. The summed E-state index contributed by atoms with van der Waals surface area (Å²) in [4.78, 5) is 4.11. The SMILES string of the molecule is CCc1ccc(-c2nc(CS(=O)(=O)c3ccccc3F)cs2)cc1. The van der Waals surface area contributed by atoms with Gasteiger partial charge in [-0.1, -0.05) is 43.3 Å². The molecule has 3 aromatic rings. The van der Waals surface area contributed by atoms with Crippen LogP contribution in [0.4, 0.5) is 4.39 Å². The van der Waals surface area contributed by atoms with E-state index in [1.54, 1.807) is 5.38 Å². The van der Waals surface area contributed by atoms with Crippen molar-refractivity contribution in [2.24, 2.45) is 0 Å². The molecule has 3 rings (SSSR count). The second-order valence-corrected chi connectivity index (χ2v) is 8.20. The standard InChI is InChI=1S/C18H16FNO2S2/c1-2-13-7-9-14(10-8-13)18-20-15(11-23-18)12-24(21,22)17-6-4-3-5-16(17)19/h3-11H,2,12H2,1H3. The van der Waals surface area contributed by atoms with Gasteiger partial charge in [0.15, 0.2) is 9.84 Å². The maximum absolute atomic E-state index is 13.7. The molecular weight excluding hydrogens is 345 g/mol. The number of hydrogen-bond acceptors (Lipinski definition) is 4. The van der Waals surface area contributed by atoms with Crippen molar-refractivity contribution in [2.75, 3.05) is 0 Å². The van der Waals surface area contributed by atoms with Crippen molar-refractivity contribution in [3.8, 4) is 10.6 Å². The van der Waals surface area contributed by atoms with Crippen LogP contribution in [0.15, 0.2) is 58.8 Å². The highest BCUT2D eigenvalue weighted by atomic mass is 32.2. The molecule has 24 heavy (non-hydrogen) atoms. The molecule has 0 saturated carbocycles. The van der Waals surface area contributed by atoms with E-state index < -0.39 is 15.7 Å². The van der Waals surface area contributed by atoms with Gasteiger partial charge in [0.1, 0.15) is 15.7 Å². The quantitative estimate of drug-likeness (QED) is 0.673. The Labute approximate surface area is 144 Å². The van der Waals surface area contributed by atoms with Gasteiger partial charge in [-0.05, 0) is 24.1 Å². The highest BCUT2D eigenvalue weighted by Gasteiger charge is 2.21. The summed E-state index contributed by atoms with van der Waals surface area (Å²) in [6.07, 6.45) is 0.963. The van der Waals surface area contributed by atoms with E-state index in [-0.39, 0.29) is 10.6 Å². The number of thiazole rings is 1. The largest absolute Gasteiger partial charge is 0.240 e. The zero-order chi connectivity index (χ0) is 17.2. The van der Waals surface area contributed by atoms with Gasteiger partial charge >= 0.3 is 0 Å². The number of rotatable bonds is 5. The fourth-order valence-corrected chi connectivity index (χ4v) is 4.63. The summed E-state index contributed by atoms with van der Waals surface area (Å²) in [5.74, 6) is -1.04. The third kappa shape index (κ3) is 3.55. The topological polar surface area (TPSA) is 47.0 Å². The normalized spacial score (nSPS) is 11.6. The maximum Gasteiger partial charge on any atom is 0.186 e. The number of aryl methyl sites for hydroxylation is 1. The number of nitrogens with zero attached hydrogens (tertiary/aromatic N) is 1. The first-order valence-electron chi connectivity index (χ1n) is 7.50. The zero-order valence-electron chi connectivity index (χ0n) is 13.1. The number of aromatic nitrogens is 1. The molecule has 6 heteroatoms. The summed E-state index contributed by atoms with van der Waals surface area (Å²) in [6, 6.07) is 13.4. The van der Waals surface area contributed by atoms with Crippen molar-refractivity contribution in [1.29, 1.82) is 0 Å². The molecule has 0 saturated heterocycles. The fraction of sp³-hybridized carbons (Fsp3) is 0.167. The third-order valence-electron chi connectivity index (χ3n) is 3.67. The van der Waals surface area contributed by atoms with Gasteiger partial charge in [-0.3, -0.25) is 0 Å². The Morgan fingerprint density at radius 3 is 2.46 bits per heavy atom. The second-order valence-electron chi connectivity index (χ2n) is 5.38. The summed E-state index contributed by atoms with van der Waals surface area (Å²) in [5.41, 5.74) is 2.61. The van der Waals surface area contributed by atoms with Gasteiger partial charge in [0.25, 0.3) is 0 Å². The van der Waals surface area contributed by atoms with Crippen molar-refractivity contribution < 1.29 is 12.8 Å². The predicted molar refractivity (Wildman–Crippen MR) is 94.2 cm³/mol. The van der Waals surface area contributed by atoms with Crippen LogP contribution in [0.25, 0.3) is 10.6 Å². The first-order valence-corrected chi connectivity index (χ1v) is 10.0. The minimum atomic E-state index is -3.75. The molecule has 3 nitrogen and oxygen atoms in total. The number of halogens is 1. The molecule has 124 valence electrons. The number of benzene rings is 2. The van der Waals surface area contributed by atoms with E-state index in [0.717, 1.165) is 23.1 Å². The Morgan fingerprint density at radius 1 is 1.08 bits per heavy atom. The number of sulfone groups is 1. The molecule has 1 heterocycles. The molecule has 0 atom stereocenters. The first-order chi connectivity index (χ1) is 11.5. The molecule has 0 spiro atoms. The Bertz CT molecular complexity index is 947. The average molecular weight is 361 g/mol. The van der Waals surface area contributed by atoms with Gasteiger partial charge in [-0.2, -0.15) is 0 Å². The first kappa shape index (κ1) is 16.8. The maximum atomic E-state index is 13.7. The molecule has 0 radical (unpaired) electrons. The summed E-state index contributed by atoms with van der Waals surface area (Å²) >= 11 is 1.39. The molecule has 0 unspecified atom stereocenters. The van der Waals surface area contributed by atoms with Crippen LogP contribution < -0.4 is 0 Å². The molecule has 0 aliphatic rings. The van der Waals surface area contributed by atoms with Crippen LogP contribution >= 0.6 is 11.3 Å². The molecule has 0 aliphatic heterocycles. The van der Waals surface area contributed by atoms with Gasteiger partial charge in [0.05, 0.1) is 11.4 Å². The van der Waals surface area contributed by atoms with Gasteiger partial charge in [-0.25, -0.2) is 17.8 Å². The molecule has 0 N–H and O–H groups in total. The van der Waals surface area contributed by atoms with Gasteiger partial charge < -0.3 is 0 Å². The Morgan fingerprint density at radius 2 is 1.79 bits per heavy atom. The molecule has 0 aliphatic carbocycles. The molecule has 0 fully saturated rings. The summed E-state index contributed by atoms with van der Waals surface area (Å²) in [5, 5.41) is 2.47. The van der Waals surface area contributed by atoms with Crippen molar-refractivity contribution in [3.05, 3.63) is 71.0 Å². The van der Waals surface area contributed by atoms with Crippen LogP contribution in [0, 0.1) is 5.82 Å². The monoisotopic (exact) mass is 361 g/mol. The fourth-order valence-electron chi connectivity index (χ4n) is 2.36. The minimum absolute atomic E-state index is 0.285. The summed E-state index contributed by atoms with van der Waals surface area (Å²) in [7, 11) is -3.75. The van der Waals surface area contributed by atoms with Crippen molar-refractivity contribution in [2.45, 2.75) is 24.0 Å². The van der Waals surface area contributed by atoms with Crippen LogP contribution in [0.1, 0.15) is 18.2 Å². The lowest BCUT2D eigenvalue weighted by Crippen LogP contribution is -2.07. The van der Waals surface area contributed by atoms with E-state index >= 15 is 0 Å². The van der Waals surface area contributed by atoms with Gasteiger partial charge in [0.2, 0.25) is 0 Å². The van der Waals surface area contributed by atoms with E-state index in [4.69, 9.17) is 0 Å². The van der Waals surface area contributed by atoms with Crippen LogP contribution in [0.5, 0.6) is 0 Å². The highest BCUT2D eigenvalue weighted by Crippen LogP contribution is 2.26. The van der Waals surface area contributed by atoms with E-state index in [0.29, 0.717) is 5.69 Å². The van der Waals surface area contributed by atoms with Gasteiger partial charge in [-0.15, -0.1) is 11.3 Å². The lowest BCUT2D eigenvalue weighted by Gasteiger charge is -2.03. The minimum Gasteiger partial charge on any atom is -0.240 e. The molecule has 0 bridgehead atoms. The van der Waals surface area contributed by atoms with Crippen molar-refractivity contribution in [1.82, 2.24) is 4.98 Å². The van der Waals surface area contributed by atoms with E-state index in [1.165, 1.54) is 35.1 Å². The molecule has 2 aromatic carbocycles. The van der Waals surface area contributed by atoms with E-state index in [2.05, 4.69) is 11.9 Å². The summed E-state index contributed by atoms with van der Waals surface area (Å²) in [6.45, 7) is 2.09. The second kappa shape index (κ2) is 6.83. The third-order valence-corrected chi connectivity index (χ3v) is 6.29. The van der Waals surface area contributed by atoms with Crippen LogP contribution in [0.3, 0.4) is 0 Å². The zero-order valence-corrected chi connectivity index (χ0v) is 14.7. The lowest BCUT2D eigenvalue weighted by atomic mass is 10.1. The van der Waals surface area contributed by atoms with E-state index in [1.807, 2.05) is 24.3 Å². The van der Waals surface area contributed by atoms with Crippen LogP contribution in [0.2, 0.25) is 0 Å². The molecular formula is C18H16FNO2S2. The molecule has 0 amide bonds.